The van der Waals surface area contributed by atoms with Gasteiger partial charge in [0.1, 0.15) is 5.01 Å². The molecule has 0 atom stereocenters. The average molecular weight is 259 g/mol. The van der Waals surface area contributed by atoms with Gasteiger partial charge in [-0.3, -0.25) is 4.98 Å². The van der Waals surface area contributed by atoms with Crippen molar-refractivity contribution in [2.24, 2.45) is 0 Å². The van der Waals surface area contributed by atoms with Gasteiger partial charge in [0.15, 0.2) is 0 Å². The zero-order chi connectivity index (χ0) is 12.4. The Morgan fingerprint density at radius 3 is 3.00 bits per heavy atom. The van der Waals surface area contributed by atoms with E-state index >= 15 is 0 Å². The van der Waals surface area contributed by atoms with Crippen LogP contribution in [0.1, 0.15) is 30.3 Å². The smallest absolute Gasteiger partial charge is 0.125 e. The molecule has 0 radical (unpaired) electrons. The first-order valence-corrected chi connectivity index (χ1v) is 7.31. The highest BCUT2D eigenvalue weighted by molar-refractivity contribution is 7.15. The fourth-order valence-corrected chi connectivity index (χ4v) is 3.03. The van der Waals surface area contributed by atoms with Gasteiger partial charge in [-0.15, -0.1) is 11.3 Å². The molecule has 3 rings (SSSR count). The molecule has 4 heteroatoms. The summed E-state index contributed by atoms with van der Waals surface area (Å²) in [5, 5.41) is 4.66. The van der Waals surface area contributed by atoms with E-state index in [-0.39, 0.29) is 0 Å². The van der Waals surface area contributed by atoms with Crippen LogP contribution in [0.2, 0.25) is 0 Å². The van der Waals surface area contributed by atoms with Gasteiger partial charge in [0, 0.05) is 35.4 Å². The van der Waals surface area contributed by atoms with Crippen molar-refractivity contribution < 1.29 is 0 Å². The maximum absolute atomic E-state index is 4.74. The van der Waals surface area contributed by atoms with Gasteiger partial charge in [-0.05, 0) is 31.4 Å². The van der Waals surface area contributed by atoms with Crippen LogP contribution in [0.15, 0.2) is 24.5 Å². The summed E-state index contributed by atoms with van der Waals surface area (Å²) < 4.78 is 0. The molecule has 0 bridgehead atoms. The number of rotatable bonds is 5. The second-order valence-corrected chi connectivity index (χ2v) is 5.72. The lowest BCUT2D eigenvalue weighted by atomic mass is 10.3. The highest BCUT2D eigenvalue weighted by Gasteiger charge is 2.21. The number of aryl methyl sites for hydroxylation is 1. The maximum Gasteiger partial charge on any atom is 0.125 e. The Kier molecular flexibility index (Phi) is 3.39. The molecule has 2 aromatic rings. The Hall–Kier alpha value is -1.26. The predicted molar refractivity (Wildman–Crippen MR) is 74.6 cm³/mol. The molecule has 1 saturated carbocycles. The SMILES string of the molecule is CCc1nc(-c2cccnc2)sc1CNC1CC1. The molecule has 3 nitrogen and oxygen atoms in total. The lowest BCUT2D eigenvalue weighted by Gasteiger charge is -2.00. The molecule has 2 heterocycles. The minimum atomic E-state index is 0.749. The van der Waals surface area contributed by atoms with Crippen molar-refractivity contribution in [2.75, 3.05) is 0 Å². The topological polar surface area (TPSA) is 37.8 Å². The van der Waals surface area contributed by atoms with Gasteiger partial charge in [-0.25, -0.2) is 4.98 Å². The quantitative estimate of drug-likeness (QED) is 0.897. The fraction of sp³-hybridized carbons (Fsp3) is 0.429. The van der Waals surface area contributed by atoms with Crippen LogP contribution in [0.4, 0.5) is 0 Å². The summed E-state index contributed by atoms with van der Waals surface area (Å²) in [6, 6.07) is 4.78. The van der Waals surface area contributed by atoms with Crippen molar-refractivity contribution in [1.82, 2.24) is 15.3 Å². The lowest BCUT2D eigenvalue weighted by Crippen LogP contribution is -2.15. The number of thiazole rings is 1. The second kappa shape index (κ2) is 5.16. The van der Waals surface area contributed by atoms with Crippen LogP contribution in [0, 0.1) is 0 Å². The molecule has 1 N–H and O–H groups in total. The Morgan fingerprint density at radius 2 is 2.33 bits per heavy atom. The Bertz CT molecular complexity index is 517. The van der Waals surface area contributed by atoms with Crippen molar-refractivity contribution in [3.05, 3.63) is 35.1 Å². The summed E-state index contributed by atoms with van der Waals surface area (Å²) in [6.45, 7) is 3.13. The largest absolute Gasteiger partial charge is 0.309 e. The summed E-state index contributed by atoms with van der Waals surface area (Å²) in [5.74, 6) is 0. The van der Waals surface area contributed by atoms with E-state index in [1.54, 1.807) is 17.5 Å². The summed E-state index contributed by atoms with van der Waals surface area (Å²) >= 11 is 1.79. The van der Waals surface area contributed by atoms with Crippen molar-refractivity contribution >= 4 is 11.3 Å². The number of hydrogen-bond acceptors (Lipinski definition) is 4. The highest BCUT2D eigenvalue weighted by Crippen LogP contribution is 2.29. The first-order valence-electron chi connectivity index (χ1n) is 6.49. The van der Waals surface area contributed by atoms with Crippen LogP contribution in [0.5, 0.6) is 0 Å². The van der Waals surface area contributed by atoms with E-state index in [0.29, 0.717) is 0 Å². The van der Waals surface area contributed by atoms with Crippen LogP contribution < -0.4 is 5.32 Å². The van der Waals surface area contributed by atoms with E-state index in [0.717, 1.165) is 29.6 Å². The van der Waals surface area contributed by atoms with Crippen molar-refractivity contribution in [1.29, 1.82) is 0 Å². The third kappa shape index (κ3) is 2.60. The Labute approximate surface area is 111 Å². The van der Waals surface area contributed by atoms with Gasteiger partial charge >= 0.3 is 0 Å². The van der Waals surface area contributed by atoms with Crippen LogP contribution in [0.3, 0.4) is 0 Å². The molecule has 0 unspecified atom stereocenters. The molecule has 0 spiro atoms. The number of nitrogens with one attached hydrogen (secondary N) is 1. The molecular weight excluding hydrogens is 242 g/mol. The van der Waals surface area contributed by atoms with Gasteiger partial charge in [-0.1, -0.05) is 6.92 Å². The van der Waals surface area contributed by atoms with Crippen molar-refractivity contribution in [3.63, 3.8) is 0 Å². The van der Waals surface area contributed by atoms with E-state index in [1.807, 2.05) is 12.3 Å². The average Bonchev–Trinajstić information content (AvgIpc) is 3.16. The number of pyridine rings is 1. The minimum Gasteiger partial charge on any atom is -0.309 e. The van der Waals surface area contributed by atoms with E-state index in [9.17, 15) is 0 Å². The van der Waals surface area contributed by atoms with E-state index in [2.05, 4.69) is 23.3 Å². The molecule has 1 aliphatic carbocycles. The maximum atomic E-state index is 4.74. The molecule has 0 amide bonds. The van der Waals surface area contributed by atoms with Crippen molar-refractivity contribution in [3.8, 4) is 10.6 Å². The van der Waals surface area contributed by atoms with Gasteiger partial charge in [-0.2, -0.15) is 0 Å². The standard InChI is InChI=1S/C14H17N3S/c1-2-12-13(9-16-11-5-6-11)18-14(17-12)10-4-3-7-15-8-10/h3-4,7-8,11,16H,2,5-6,9H2,1H3. The molecule has 2 aromatic heterocycles. The Morgan fingerprint density at radius 1 is 1.44 bits per heavy atom. The third-order valence-corrected chi connectivity index (χ3v) is 4.30. The summed E-state index contributed by atoms with van der Waals surface area (Å²) in [7, 11) is 0. The minimum absolute atomic E-state index is 0.749. The third-order valence-electron chi connectivity index (χ3n) is 3.15. The number of aromatic nitrogens is 2. The van der Waals surface area contributed by atoms with E-state index < -0.39 is 0 Å². The number of nitrogens with zero attached hydrogens (tertiary/aromatic N) is 2. The first-order chi connectivity index (χ1) is 8.86. The first kappa shape index (κ1) is 11.8. The zero-order valence-corrected chi connectivity index (χ0v) is 11.3. The normalized spacial score (nSPS) is 14.9. The fourth-order valence-electron chi connectivity index (χ4n) is 1.93. The van der Waals surface area contributed by atoms with Crippen molar-refractivity contribution in [2.45, 2.75) is 38.8 Å². The lowest BCUT2D eigenvalue weighted by molar-refractivity contribution is 0.689. The highest BCUT2D eigenvalue weighted by atomic mass is 32.1. The molecule has 1 fully saturated rings. The van der Waals surface area contributed by atoms with Crippen LogP contribution in [-0.4, -0.2) is 16.0 Å². The van der Waals surface area contributed by atoms with Crippen LogP contribution in [-0.2, 0) is 13.0 Å². The van der Waals surface area contributed by atoms with Gasteiger partial charge in [0.2, 0.25) is 0 Å². The summed E-state index contributed by atoms with van der Waals surface area (Å²) in [6.07, 6.45) is 7.34. The van der Waals surface area contributed by atoms with Gasteiger partial charge in [0.05, 0.1) is 5.69 Å². The molecule has 0 aromatic carbocycles. The second-order valence-electron chi connectivity index (χ2n) is 4.64. The molecule has 0 saturated heterocycles. The summed E-state index contributed by atoms with van der Waals surface area (Å²) in [5.41, 5.74) is 2.35. The zero-order valence-electron chi connectivity index (χ0n) is 10.5. The Balaban J connectivity index is 1.82. The number of hydrogen-bond donors (Lipinski definition) is 1. The monoisotopic (exact) mass is 259 g/mol. The molecule has 94 valence electrons. The van der Waals surface area contributed by atoms with Crippen LogP contribution >= 0.6 is 11.3 Å². The van der Waals surface area contributed by atoms with Gasteiger partial charge < -0.3 is 5.32 Å². The molecular formula is C14H17N3S. The van der Waals surface area contributed by atoms with Crippen LogP contribution in [0.25, 0.3) is 10.6 Å². The predicted octanol–water partition coefficient (Wildman–Crippen LogP) is 3.02. The molecule has 18 heavy (non-hydrogen) atoms. The van der Waals surface area contributed by atoms with E-state index in [1.165, 1.54) is 23.4 Å². The molecule has 1 aliphatic rings. The molecule has 0 aliphatic heterocycles. The van der Waals surface area contributed by atoms with E-state index in [4.69, 9.17) is 4.98 Å². The summed E-state index contributed by atoms with van der Waals surface area (Å²) in [4.78, 5) is 10.3. The van der Waals surface area contributed by atoms with Gasteiger partial charge in [0.25, 0.3) is 0 Å².